The molecule has 1 rings (SSSR count). The summed E-state index contributed by atoms with van der Waals surface area (Å²) in [4.78, 5) is 13.9. The summed E-state index contributed by atoms with van der Waals surface area (Å²) in [6, 6.07) is 7.75. The first kappa shape index (κ1) is 13.5. The standard InChI is InChI=1S/C13H21N3O/c1-13(2,14-3)12(17)15-10-6-8-11(9-7-10)16(4)5/h6-9,14H,1-5H3,(H,15,17). The van der Waals surface area contributed by atoms with E-state index in [9.17, 15) is 4.79 Å². The zero-order valence-corrected chi connectivity index (χ0v) is 11.2. The molecular weight excluding hydrogens is 214 g/mol. The van der Waals surface area contributed by atoms with Gasteiger partial charge >= 0.3 is 0 Å². The van der Waals surface area contributed by atoms with Crippen molar-refractivity contribution in [3.63, 3.8) is 0 Å². The second kappa shape index (κ2) is 5.19. The number of hydrogen-bond acceptors (Lipinski definition) is 3. The molecule has 17 heavy (non-hydrogen) atoms. The average Bonchev–Trinajstić information content (AvgIpc) is 2.29. The lowest BCUT2D eigenvalue weighted by Gasteiger charge is -2.23. The average molecular weight is 235 g/mol. The minimum absolute atomic E-state index is 0.0439. The lowest BCUT2D eigenvalue weighted by Crippen LogP contribution is -2.47. The summed E-state index contributed by atoms with van der Waals surface area (Å²) >= 11 is 0. The van der Waals surface area contributed by atoms with Crippen LogP contribution in [0.25, 0.3) is 0 Å². The number of benzene rings is 1. The summed E-state index contributed by atoms with van der Waals surface area (Å²) in [5, 5.41) is 5.85. The molecule has 1 amide bonds. The quantitative estimate of drug-likeness (QED) is 0.834. The molecule has 0 unspecified atom stereocenters. The molecule has 0 fully saturated rings. The van der Waals surface area contributed by atoms with Gasteiger partial charge in [-0.15, -0.1) is 0 Å². The molecule has 1 aromatic carbocycles. The van der Waals surface area contributed by atoms with Crippen molar-refractivity contribution >= 4 is 17.3 Å². The minimum atomic E-state index is -0.569. The highest BCUT2D eigenvalue weighted by atomic mass is 16.2. The second-order valence-corrected chi connectivity index (χ2v) is 4.77. The highest BCUT2D eigenvalue weighted by Crippen LogP contribution is 2.16. The van der Waals surface area contributed by atoms with Gasteiger partial charge in [0.1, 0.15) is 0 Å². The van der Waals surface area contributed by atoms with E-state index in [0.29, 0.717) is 0 Å². The van der Waals surface area contributed by atoms with E-state index in [2.05, 4.69) is 10.6 Å². The van der Waals surface area contributed by atoms with Crippen molar-refractivity contribution in [1.82, 2.24) is 5.32 Å². The maximum Gasteiger partial charge on any atom is 0.244 e. The molecule has 4 heteroatoms. The van der Waals surface area contributed by atoms with Crippen LogP contribution in [-0.4, -0.2) is 32.6 Å². The number of nitrogens with zero attached hydrogens (tertiary/aromatic N) is 1. The third kappa shape index (κ3) is 3.46. The molecule has 0 aliphatic rings. The van der Waals surface area contributed by atoms with Crippen LogP contribution >= 0.6 is 0 Å². The van der Waals surface area contributed by atoms with Crippen LogP contribution < -0.4 is 15.5 Å². The van der Waals surface area contributed by atoms with Gasteiger partial charge in [-0.3, -0.25) is 4.79 Å². The zero-order chi connectivity index (χ0) is 13.1. The summed E-state index contributed by atoms with van der Waals surface area (Å²) in [6.07, 6.45) is 0. The maximum atomic E-state index is 11.9. The number of nitrogens with one attached hydrogen (secondary N) is 2. The Labute approximate surface area is 103 Å². The minimum Gasteiger partial charge on any atom is -0.378 e. The normalized spacial score (nSPS) is 11.1. The first-order valence-electron chi connectivity index (χ1n) is 5.64. The van der Waals surface area contributed by atoms with Crippen molar-refractivity contribution < 1.29 is 4.79 Å². The summed E-state index contributed by atoms with van der Waals surface area (Å²) in [7, 11) is 5.74. The van der Waals surface area contributed by atoms with E-state index in [4.69, 9.17) is 0 Å². The smallest absolute Gasteiger partial charge is 0.244 e. The van der Waals surface area contributed by atoms with Gasteiger partial charge < -0.3 is 15.5 Å². The van der Waals surface area contributed by atoms with Gasteiger partial charge in [0.15, 0.2) is 0 Å². The second-order valence-electron chi connectivity index (χ2n) is 4.77. The van der Waals surface area contributed by atoms with Crippen molar-refractivity contribution in [3.05, 3.63) is 24.3 Å². The topological polar surface area (TPSA) is 44.4 Å². The van der Waals surface area contributed by atoms with E-state index in [1.807, 2.05) is 57.1 Å². The highest BCUT2D eigenvalue weighted by molar-refractivity contribution is 5.97. The fraction of sp³-hybridized carbons (Fsp3) is 0.462. The van der Waals surface area contributed by atoms with Crippen LogP contribution in [0.1, 0.15) is 13.8 Å². The van der Waals surface area contributed by atoms with Crippen molar-refractivity contribution in [2.45, 2.75) is 19.4 Å². The summed E-state index contributed by atoms with van der Waals surface area (Å²) in [6.45, 7) is 3.69. The van der Waals surface area contributed by atoms with E-state index < -0.39 is 5.54 Å². The Bertz CT molecular complexity index is 382. The highest BCUT2D eigenvalue weighted by Gasteiger charge is 2.24. The molecule has 94 valence electrons. The van der Waals surface area contributed by atoms with Crippen molar-refractivity contribution in [3.8, 4) is 0 Å². The number of anilines is 2. The molecule has 0 heterocycles. The Morgan fingerprint density at radius 2 is 1.71 bits per heavy atom. The Hall–Kier alpha value is -1.55. The van der Waals surface area contributed by atoms with Crippen LogP contribution in [0.2, 0.25) is 0 Å². The van der Waals surface area contributed by atoms with Crippen LogP contribution in [0.3, 0.4) is 0 Å². The van der Waals surface area contributed by atoms with Gasteiger partial charge in [0.25, 0.3) is 0 Å². The number of carbonyl (C=O) groups excluding carboxylic acids is 1. The lowest BCUT2D eigenvalue weighted by atomic mass is 10.1. The van der Waals surface area contributed by atoms with Crippen molar-refractivity contribution in [1.29, 1.82) is 0 Å². The lowest BCUT2D eigenvalue weighted by molar-refractivity contribution is -0.121. The predicted molar refractivity (Wildman–Crippen MR) is 72.5 cm³/mol. The summed E-state index contributed by atoms with van der Waals surface area (Å²) < 4.78 is 0. The van der Waals surface area contributed by atoms with Gasteiger partial charge in [-0.1, -0.05) is 0 Å². The van der Waals surface area contributed by atoms with Gasteiger partial charge in [0, 0.05) is 25.5 Å². The Morgan fingerprint density at radius 3 is 2.12 bits per heavy atom. The van der Waals surface area contributed by atoms with Gasteiger partial charge in [-0.2, -0.15) is 0 Å². The van der Waals surface area contributed by atoms with Gasteiger partial charge in [0.05, 0.1) is 5.54 Å². The molecule has 4 nitrogen and oxygen atoms in total. The molecule has 0 spiro atoms. The van der Waals surface area contributed by atoms with Crippen molar-refractivity contribution in [2.75, 3.05) is 31.4 Å². The molecule has 0 atom stereocenters. The predicted octanol–water partition coefficient (Wildman–Crippen LogP) is 1.69. The summed E-state index contributed by atoms with van der Waals surface area (Å²) in [5.41, 5.74) is 1.35. The molecule has 0 saturated heterocycles. The molecule has 0 radical (unpaired) electrons. The first-order valence-corrected chi connectivity index (χ1v) is 5.64. The zero-order valence-electron chi connectivity index (χ0n) is 11.2. The number of hydrogen-bond donors (Lipinski definition) is 2. The van der Waals surface area contributed by atoms with Crippen LogP contribution in [0.5, 0.6) is 0 Å². The summed E-state index contributed by atoms with van der Waals surface area (Å²) in [5.74, 6) is -0.0439. The molecule has 0 bridgehead atoms. The molecule has 1 aromatic rings. The van der Waals surface area contributed by atoms with Gasteiger partial charge in [-0.25, -0.2) is 0 Å². The fourth-order valence-electron chi connectivity index (χ4n) is 1.24. The van der Waals surface area contributed by atoms with Gasteiger partial charge in [0.2, 0.25) is 5.91 Å². The van der Waals surface area contributed by atoms with E-state index in [1.165, 1.54) is 0 Å². The monoisotopic (exact) mass is 235 g/mol. The largest absolute Gasteiger partial charge is 0.378 e. The van der Waals surface area contributed by atoms with E-state index >= 15 is 0 Å². The van der Waals surface area contributed by atoms with Crippen molar-refractivity contribution in [2.24, 2.45) is 0 Å². The molecule has 0 aliphatic heterocycles. The van der Waals surface area contributed by atoms with Crippen LogP contribution in [0.4, 0.5) is 11.4 Å². The third-order valence-corrected chi connectivity index (χ3v) is 2.83. The molecule has 0 saturated carbocycles. The van der Waals surface area contributed by atoms with Crippen LogP contribution in [-0.2, 0) is 4.79 Å². The van der Waals surface area contributed by atoms with Gasteiger partial charge in [-0.05, 0) is 45.2 Å². The SMILES string of the molecule is CNC(C)(C)C(=O)Nc1ccc(N(C)C)cc1. The molecule has 2 N–H and O–H groups in total. The van der Waals surface area contributed by atoms with E-state index in [1.54, 1.807) is 7.05 Å². The Kier molecular flexibility index (Phi) is 4.12. The first-order chi connectivity index (χ1) is 7.86. The fourth-order valence-corrected chi connectivity index (χ4v) is 1.24. The third-order valence-electron chi connectivity index (χ3n) is 2.83. The molecule has 0 aromatic heterocycles. The Morgan fingerprint density at radius 1 is 1.18 bits per heavy atom. The number of carbonyl (C=O) groups is 1. The maximum absolute atomic E-state index is 11.9. The number of rotatable bonds is 4. The Balaban J connectivity index is 2.73. The number of amides is 1. The van der Waals surface area contributed by atoms with E-state index in [-0.39, 0.29) is 5.91 Å². The molecular formula is C13H21N3O. The molecule has 0 aliphatic carbocycles. The van der Waals surface area contributed by atoms with Crippen LogP contribution in [0.15, 0.2) is 24.3 Å². The number of likely N-dealkylation sites (N-methyl/N-ethyl adjacent to an activating group) is 1. The van der Waals surface area contributed by atoms with E-state index in [0.717, 1.165) is 11.4 Å². The van der Waals surface area contributed by atoms with Crippen LogP contribution in [0, 0.1) is 0 Å².